The van der Waals surface area contributed by atoms with E-state index in [9.17, 15) is 5.11 Å². The number of aliphatic hydroxyl groups excluding tert-OH is 1. The third kappa shape index (κ3) is 5.98. The molecule has 204 valence electrons. The van der Waals surface area contributed by atoms with Crippen LogP contribution in [0.4, 0.5) is 5.95 Å². The van der Waals surface area contributed by atoms with Crippen LogP contribution in [0.2, 0.25) is 0 Å². The Bertz CT molecular complexity index is 1380. The van der Waals surface area contributed by atoms with Crippen LogP contribution in [0.15, 0.2) is 54.7 Å². The molecular formula is C31H39N7O. The maximum atomic E-state index is 10.1. The van der Waals surface area contributed by atoms with E-state index in [1.165, 1.54) is 16.7 Å². The second-order valence-electron chi connectivity index (χ2n) is 11.3. The van der Waals surface area contributed by atoms with E-state index in [0.29, 0.717) is 12.5 Å². The zero-order chi connectivity index (χ0) is 26.8. The van der Waals surface area contributed by atoms with Crippen molar-refractivity contribution in [3.8, 4) is 11.3 Å². The highest BCUT2D eigenvalue weighted by Crippen LogP contribution is 2.34. The number of aromatic nitrogens is 4. The van der Waals surface area contributed by atoms with E-state index in [2.05, 4.69) is 87.3 Å². The molecule has 6 rings (SSSR count). The van der Waals surface area contributed by atoms with E-state index in [0.717, 1.165) is 80.7 Å². The van der Waals surface area contributed by atoms with E-state index < -0.39 is 0 Å². The summed E-state index contributed by atoms with van der Waals surface area (Å²) in [5.74, 6) is 0.606. The number of hydrogen-bond acceptors (Lipinski definition) is 7. The number of rotatable bonds is 7. The van der Waals surface area contributed by atoms with Crippen LogP contribution in [0, 0.1) is 6.92 Å². The Morgan fingerprint density at radius 2 is 1.59 bits per heavy atom. The highest BCUT2D eigenvalue weighted by molar-refractivity contribution is 5.91. The lowest BCUT2D eigenvalue weighted by Crippen LogP contribution is -2.43. The molecule has 4 aromatic rings. The molecule has 3 heterocycles. The van der Waals surface area contributed by atoms with E-state index in [4.69, 9.17) is 10.1 Å². The molecule has 2 aromatic carbocycles. The van der Waals surface area contributed by atoms with Gasteiger partial charge in [-0.25, -0.2) is 9.67 Å². The largest absolute Gasteiger partial charge is 0.393 e. The van der Waals surface area contributed by atoms with Gasteiger partial charge in [-0.3, -0.25) is 4.90 Å². The summed E-state index contributed by atoms with van der Waals surface area (Å²) in [6.07, 6.45) is 5.10. The van der Waals surface area contributed by atoms with E-state index in [1.807, 2.05) is 6.20 Å². The summed E-state index contributed by atoms with van der Waals surface area (Å²) in [6, 6.07) is 17.6. The predicted octanol–water partition coefficient (Wildman–Crippen LogP) is 4.64. The standard InChI is InChI=1S/C31H39N7O/c1-22-3-5-23(6-4-22)19-32-31-33-20-28-29(35-38(30(28)34-31)26-11-13-27(39)14-12-26)25-9-7-24(8-10-25)21-37-17-15-36(2)16-18-37/h3-10,20,26-27,39H,11-19,21H2,1-2H3,(H,32,33,34). The molecular weight excluding hydrogens is 486 g/mol. The van der Waals surface area contributed by atoms with Crippen LogP contribution in [0.5, 0.6) is 0 Å². The number of fused-ring (bicyclic) bond motifs is 1. The molecule has 8 nitrogen and oxygen atoms in total. The van der Waals surface area contributed by atoms with Gasteiger partial charge in [-0.2, -0.15) is 10.1 Å². The van der Waals surface area contributed by atoms with Crippen molar-refractivity contribution in [2.75, 3.05) is 38.5 Å². The molecule has 2 fully saturated rings. The molecule has 0 bridgehead atoms. The minimum atomic E-state index is -0.211. The van der Waals surface area contributed by atoms with Crippen LogP contribution in [0.1, 0.15) is 48.4 Å². The number of anilines is 1. The van der Waals surface area contributed by atoms with Crippen LogP contribution < -0.4 is 5.32 Å². The quantitative estimate of drug-likeness (QED) is 0.364. The first kappa shape index (κ1) is 25.9. The maximum Gasteiger partial charge on any atom is 0.224 e. The molecule has 8 heteroatoms. The van der Waals surface area contributed by atoms with Crippen molar-refractivity contribution in [1.82, 2.24) is 29.5 Å². The van der Waals surface area contributed by atoms with Gasteiger partial charge in [0.15, 0.2) is 5.65 Å². The number of aliphatic hydroxyl groups is 1. The first-order valence-corrected chi connectivity index (χ1v) is 14.2. The van der Waals surface area contributed by atoms with Gasteiger partial charge in [0.25, 0.3) is 0 Å². The molecule has 0 spiro atoms. The molecule has 1 aliphatic heterocycles. The molecule has 2 N–H and O–H groups in total. The minimum Gasteiger partial charge on any atom is -0.393 e. The van der Waals surface area contributed by atoms with Crippen molar-refractivity contribution in [1.29, 1.82) is 0 Å². The van der Waals surface area contributed by atoms with Crippen molar-refractivity contribution in [2.45, 2.75) is 57.8 Å². The highest BCUT2D eigenvalue weighted by atomic mass is 16.3. The zero-order valence-electron chi connectivity index (χ0n) is 23.1. The van der Waals surface area contributed by atoms with E-state index >= 15 is 0 Å². The van der Waals surface area contributed by atoms with Gasteiger partial charge < -0.3 is 15.3 Å². The summed E-state index contributed by atoms with van der Waals surface area (Å²) < 4.78 is 2.09. The topological polar surface area (TPSA) is 82.3 Å². The molecule has 0 amide bonds. The lowest BCUT2D eigenvalue weighted by Gasteiger charge is -2.32. The second-order valence-corrected chi connectivity index (χ2v) is 11.3. The van der Waals surface area contributed by atoms with Crippen LogP contribution >= 0.6 is 0 Å². The Hall–Kier alpha value is -3.33. The summed E-state index contributed by atoms with van der Waals surface area (Å²) in [4.78, 5) is 14.5. The number of hydrogen-bond donors (Lipinski definition) is 2. The Labute approximate surface area is 230 Å². The maximum absolute atomic E-state index is 10.1. The Balaban J connectivity index is 1.27. The van der Waals surface area contributed by atoms with Crippen molar-refractivity contribution in [3.63, 3.8) is 0 Å². The lowest BCUT2D eigenvalue weighted by atomic mass is 9.93. The van der Waals surface area contributed by atoms with Crippen molar-refractivity contribution < 1.29 is 5.11 Å². The van der Waals surface area contributed by atoms with Crippen molar-refractivity contribution in [3.05, 3.63) is 71.4 Å². The van der Waals surface area contributed by atoms with Gasteiger partial charge in [-0.15, -0.1) is 0 Å². The number of likely N-dealkylation sites (N-methyl/N-ethyl adjacent to an activating group) is 1. The number of nitrogens with one attached hydrogen (secondary N) is 1. The first-order chi connectivity index (χ1) is 19.0. The van der Waals surface area contributed by atoms with E-state index in [-0.39, 0.29) is 12.1 Å². The summed E-state index contributed by atoms with van der Waals surface area (Å²) in [5.41, 5.74) is 6.63. The molecule has 2 aromatic heterocycles. The smallest absolute Gasteiger partial charge is 0.224 e. The predicted molar refractivity (Wildman–Crippen MR) is 156 cm³/mol. The molecule has 2 aliphatic rings. The molecule has 0 unspecified atom stereocenters. The SMILES string of the molecule is Cc1ccc(CNc2ncc3c(-c4ccc(CN5CCN(C)CC5)cc4)nn(C4CCC(O)CC4)c3n2)cc1. The number of nitrogens with zero attached hydrogens (tertiary/aromatic N) is 6. The summed E-state index contributed by atoms with van der Waals surface area (Å²) in [5, 5.41) is 19.6. The van der Waals surface area contributed by atoms with Gasteiger partial charge in [-0.1, -0.05) is 54.1 Å². The fourth-order valence-corrected chi connectivity index (χ4v) is 5.70. The van der Waals surface area contributed by atoms with Gasteiger partial charge in [0.1, 0.15) is 5.69 Å². The van der Waals surface area contributed by atoms with Crippen LogP contribution in [0.3, 0.4) is 0 Å². The minimum absolute atomic E-state index is 0.211. The Morgan fingerprint density at radius 1 is 0.897 bits per heavy atom. The highest BCUT2D eigenvalue weighted by Gasteiger charge is 2.25. The lowest BCUT2D eigenvalue weighted by molar-refractivity contribution is 0.109. The second kappa shape index (κ2) is 11.4. The molecule has 1 saturated heterocycles. The molecule has 1 aliphatic carbocycles. The van der Waals surface area contributed by atoms with Gasteiger partial charge >= 0.3 is 0 Å². The number of benzene rings is 2. The third-order valence-corrected chi connectivity index (χ3v) is 8.26. The molecule has 0 atom stereocenters. The summed E-state index contributed by atoms with van der Waals surface area (Å²) >= 11 is 0. The third-order valence-electron chi connectivity index (χ3n) is 8.26. The van der Waals surface area contributed by atoms with Crippen LogP contribution in [0.25, 0.3) is 22.3 Å². The summed E-state index contributed by atoms with van der Waals surface area (Å²) in [7, 11) is 2.19. The molecule has 39 heavy (non-hydrogen) atoms. The normalized spacial score (nSPS) is 20.9. The number of aryl methyl sites for hydroxylation is 1. The fourth-order valence-electron chi connectivity index (χ4n) is 5.70. The van der Waals surface area contributed by atoms with Crippen LogP contribution in [-0.2, 0) is 13.1 Å². The molecule has 0 radical (unpaired) electrons. The van der Waals surface area contributed by atoms with Gasteiger partial charge in [0.05, 0.1) is 17.5 Å². The summed E-state index contributed by atoms with van der Waals surface area (Å²) in [6.45, 7) is 8.22. The monoisotopic (exact) mass is 525 g/mol. The van der Waals surface area contributed by atoms with E-state index in [1.54, 1.807) is 0 Å². The molecule has 1 saturated carbocycles. The van der Waals surface area contributed by atoms with Gasteiger partial charge in [-0.05, 0) is 50.8 Å². The van der Waals surface area contributed by atoms with Crippen LogP contribution in [-0.4, -0.2) is 74.0 Å². The number of piperazine rings is 1. The zero-order valence-corrected chi connectivity index (χ0v) is 23.1. The van der Waals surface area contributed by atoms with Gasteiger partial charge in [0.2, 0.25) is 5.95 Å². The van der Waals surface area contributed by atoms with Crippen molar-refractivity contribution >= 4 is 17.0 Å². The van der Waals surface area contributed by atoms with Crippen molar-refractivity contribution in [2.24, 2.45) is 0 Å². The Kier molecular flexibility index (Phi) is 7.59. The first-order valence-electron chi connectivity index (χ1n) is 14.2. The average Bonchev–Trinajstić information content (AvgIpc) is 3.34. The average molecular weight is 526 g/mol. The van der Waals surface area contributed by atoms with Gasteiger partial charge in [0, 0.05) is 51.0 Å². The Morgan fingerprint density at radius 3 is 2.31 bits per heavy atom. The fraction of sp³-hybridized carbons (Fsp3) is 0.452.